The van der Waals surface area contributed by atoms with Crippen molar-refractivity contribution < 1.29 is 4.74 Å². The molecular weight excluding hydrogens is 192 g/mol. The van der Waals surface area contributed by atoms with Gasteiger partial charge in [-0.2, -0.15) is 10.5 Å². The molecule has 0 amide bonds. The molecule has 2 rings (SSSR count). The van der Waals surface area contributed by atoms with Gasteiger partial charge in [0, 0.05) is 19.1 Å². The highest BCUT2D eigenvalue weighted by Gasteiger charge is 2.18. The zero-order valence-corrected chi connectivity index (χ0v) is 8.18. The zero-order chi connectivity index (χ0) is 10.7. The Morgan fingerprint density at radius 2 is 2.40 bits per heavy atom. The third kappa shape index (κ3) is 1.83. The molecule has 1 saturated heterocycles. The van der Waals surface area contributed by atoms with Gasteiger partial charge in [0.15, 0.2) is 11.4 Å². The summed E-state index contributed by atoms with van der Waals surface area (Å²) in [5, 5.41) is 17.6. The van der Waals surface area contributed by atoms with Crippen LogP contribution >= 0.6 is 0 Å². The number of hydrogen-bond donors (Lipinski definition) is 0. The highest BCUT2D eigenvalue weighted by atomic mass is 16.5. The molecule has 0 N–H and O–H groups in total. The lowest BCUT2D eigenvalue weighted by molar-refractivity contribution is 0.182. The van der Waals surface area contributed by atoms with Crippen molar-refractivity contribution in [1.29, 1.82) is 10.5 Å². The Labute approximate surface area is 87.5 Å². The number of ether oxygens (including phenoxy) is 1. The molecule has 1 atom stereocenters. The van der Waals surface area contributed by atoms with Crippen LogP contribution in [0.3, 0.4) is 0 Å². The SMILES string of the molecule is N#Cc1ncn(CC2CCOC2)c1C#N. The first-order valence-electron chi connectivity index (χ1n) is 4.78. The van der Waals surface area contributed by atoms with E-state index in [0.29, 0.717) is 18.2 Å². The molecule has 1 aliphatic rings. The lowest BCUT2D eigenvalue weighted by Crippen LogP contribution is -2.11. The second-order valence-electron chi connectivity index (χ2n) is 3.55. The Bertz CT molecular complexity index is 431. The Morgan fingerprint density at radius 1 is 1.53 bits per heavy atom. The Hall–Kier alpha value is -1.85. The molecular formula is C10H10N4O. The summed E-state index contributed by atoms with van der Waals surface area (Å²) >= 11 is 0. The largest absolute Gasteiger partial charge is 0.381 e. The molecule has 1 aliphatic heterocycles. The van der Waals surface area contributed by atoms with Gasteiger partial charge in [0.05, 0.1) is 12.9 Å². The smallest absolute Gasteiger partial charge is 0.176 e. The highest BCUT2D eigenvalue weighted by Crippen LogP contribution is 2.16. The summed E-state index contributed by atoms with van der Waals surface area (Å²) in [4.78, 5) is 3.89. The van der Waals surface area contributed by atoms with E-state index in [1.54, 1.807) is 10.9 Å². The quantitative estimate of drug-likeness (QED) is 0.706. The van der Waals surface area contributed by atoms with Crippen LogP contribution in [0, 0.1) is 28.6 Å². The number of rotatable bonds is 2. The maximum Gasteiger partial charge on any atom is 0.176 e. The van der Waals surface area contributed by atoms with Gasteiger partial charge in [-0.1, -0.05) is 0 Å². The minimum absolute atomic E-state index is 0.205. The number of aromatic nitrogens is 2. The summed E-state index contributed by atoms with van der Waals surface area (Å²) in [6.45, 7) is 2.22. The molecule has 76 valence electrons. The topological polar surface area (TPSA) is 74.6 Å². The van der Waals surface area contributed by atoms with Crippen LogP contribution < -0.4 is 0 Å². The second-order valence-corrected chi connectivity index (χ2v) is 3.55. The van der Waals surface area contributed by atoms with E-state index < -0.39 is 0 Å². The molecule has 1 aromatic rings. The van der Waals surface area contributed by atoms with Gasteiger partial charge in [-0.15, -0.1) is 0 Å². The van der Waals surface area contributed by atoms with E-state index in [9.17, 15) is 0 Å². The molecule has 1 fully saturated rings. The molecule has 0 aromatic carbocycles. The predicted molar refractivity (Wildman–Crippen MR) is 50.6 cm³/mol. The summed E-state index contributed by atoms with van der Waals surface area (Å²) < 4.78 is 6.99. The monoisotopic (exact) mass is 202 g/mol. The zero-order valence-electron chi connectivity index (χ0n) is 8.18. The van der Waals surface area contributed by atoms with E-state index in [0.717, 1.165) is 19.6 Å². The molecule has 0 aliphatic carbocycles. The molecule has 0 bridgehead atoms. The summed E-state index contributed by atoms with van der Waals surface area (Å²) in [6.07, 6.45) is 2.56. The van der Waals surface area contributed by atoms with Crippen molar-refractivity contribution in [3.63, 3.8) is 0 Å². The van der Waals surface area contributed by atoms with Gasteiger partial charge >= 0.3 is 0 Å². The van der Waals surface area contributed by atoms with Crippen LogP contribution in [-0.4, -0.2) is 22.8 Å². The summed E-state index contributed by atoms with van der Waals surface area (Å²) in [5.41, 5.74) is 0.556. The van der Waals surface area contributed by atoms with E-state index in [-0.39, 0.29) is 5.69 Å². The lowest BCUT2D eigenvalue weighted by atomic mass is 10.1. The average molecular weight is 202 g/mol. The second kappa shape index (κ2) is 4.12. The van der Waals surface area contributed by atoms with Crippen molar-refractivity contribution in [1.82, 2.24) is 9.55 Å². The Morgan fingerprint density at radius 3 is 3.00 bits per heavy atom. The molecule has 2 heterocycles. The van der Waals surface area contributed by atoms with E-state index in [1.807, 2.05) is 12.1 Å². The lowest BCUT2D eigenvalue weighted by Gasteiger charge is -2.08. The predicted octanol–water partition coefficient (Wildman–Crippen LogP) is 0.663. The molecule has 0 radical (unpaired) electrons. The van der Waals surface area contributed by atoms with Crippen LogP contribution in [0.25, 0.3) is 0 Å². The van der Waals surface area contributed by atoms with E-state index in [2.05, 4.69) is 4.98 Å². The summed E-state index contributed by atoms with van der Waals surface area (Å²) in [6, 6.07) is 3.91. The van der Waals surface area contributed by atoms with Crippen molar-refractivity contribution in [2.24, 2.45) is 5.92 Å². The number of nitriles is 2. The van der Waals surface area contributed by atoms with E-state index >= 15 is 0 Å². The number of imidazole rings is 1. The molecule has 15 heavy (non-hydrogen) atoms. The van der Waals surface area contributed by atoms with Crippen molar-refractivity contribution in [2.45, 2.75) is 13.0 Å². The van der Waals surface area contributed by atoms with Gasteiger partial charge in [-0.25, -0.2) is 4.98 Å². The van der Waals surface area contributed by atoms with Crippen molar-refractivity contribution >= 4 is 0 Å². The fraction of sp³-hybridized carbons (Fsp3) is 0.500. The third-order valence-corrected chi connectivity index (χ3v) is 2.53. The first-order valence-corrected chi connectivity index (χ1v) is 4.78. The van der Waals surface area contributed by atoms with Crippen LogP contribution in [0.2, 0.25) is 0 Å². The van der Waals surface area contributed by atoms with Crippen LogP contribution in [0.1, 0.15) is 17.8 Å². The van der Waals surface area contributed by atoms with Crippen molar-refractivity contribution in [2.75, 3.05) is 13.2 Å². The molecule has 5 heteroatoms. The van der Waals surface area contributed by atoms with Gasteiger partial charge < -0.3 is 9.30 Å². The van der Waals surface area contributed by atoms with Crippen molar-refractivity contribution in [3.05, 3.63) is 17.7 Å². The summed E-state index contributed by atoms with van der Waals surface area (Å²) in [7, 11) is 0. The first-order chi connectivity index (χ1) is 7.35. The van der Waals surface area contributed by atoms with Gasteiger partial charge in [0.25, 0.3) is 0 Å². The third-order valence-electron chi connectivity index (χ3n) is 2.53. The Balaban J connectivity index is 2.18. The fourth-order valence-electron chi connectivity index (χ4n) is 1.73. The van der Waals surface area contributed by atoms with Crippen LogP contribution in [0.4, 0.5) is 0 Å². The molecule has 1 aromatic heterocycles. The molecule has 0 saturated carbocycles. The van der Waals surface area contributed by atoms with E-state index in [1.165, 1.54) is 0 Å². The maximum atomic E-state index is 8.90. The maximum absolute atomic E-state index is 8.90. The fourth-order valence-corrected chi connectivity index (χ4v) is 1.73. The molecule has 5 nitrogen and oxygen atoms in total. The summed E-state index contributed by atoms with van der Waals surface area (Å²) in [5.74, 6) is 0.429. The minimum Gasteiger partial charge on any atom is -0.381 e. The van der Waals surface area contributed by atoms with Gasteiger partial charge in [0.1, 0.15) is 12.1 Å². The normalized spacial score (nSPS) is 19.7. The first kappa shape index (κ1) is 9.70. The van der Waals surface area contributed by atoms with Crippen molar-refractivity contribution in [3.8, 4) is 12.1 Å². The van der Waals surface area contributed by atoms with Gasteiger partial charge in [-0.3, -0.25) is 0 Å². The highest BCUT2D eigenvalue weighted by molar-refractivity contribution is 5.36. The van der Waals surface area contributed by atoms with E-state index in [4.69, 9.17) is 15.3 Å². The van der Waals surface area contributed by atoms with Gasteiger partial charge in [0.2, 0.25) is 0 Å². The van der Waals surface area contributed by atoms with Gasteiger partial charge in [-0.05, 0) is 6.42 Å². The molecule has 1 unspecified atom stereocenters. The minimum atomic E-state index is 0.205. The standard InChI is InChI=1S/C10H10N4O/c11-3-9-10(4-12)14(7-13-9)5-8-1-2-15-6-8/h7-8H,1-2,5-6H2. The van der Waals surface area contributed by atoms with Crippen LogP contribution in [-0.2, 0) is 11.3 Å². The molecule has 0 spiro atoms. The average Bonchev–Trinajstić information content (AvgIpc) is 2.87. The number of hydrogen-bond acceptors (Lipinski definition) is 4. The Kier molecular flexibility index (Phi) is 2.66. The van der Waals surface area contributed by atoms with Crippen LogP contribution in [0.5, 0.6) is 0 Å². The van der Waals surface area contributed by atoms with Crippen LogP contribution in [0.15, 0.2) is 6.33 Å². The number of nitrogens with zero attached hydrogens (tertiary/aromatic N) is 4.